The molecule has 0 spiro atoms. The molecule has 0 bridgehead atoms. The number of tetrazole rings is 1. The minimum absolute atomic E-state index is 0.132. The highest BCUT2D eigenvalue weighted by atomic mass is 16.7. The molecule has 10 heteroatoms. The SMILES string of the molecule is CCC[C@H](c1nnnn1C(C)(C)CC)N(Cc1ccccc1OC)Cc1cc2cc3c(cc2[nH]c1=O)OCO3. The van der Waals surface area contributed by atoms with Gasteiger partial charge in [-0.15, -0.1) is 5.10 Å². The van der Waals surface area contributed by atoms with E-state index in [-0.39, 0.29) is 23.9 Å². The summed E-state index contributed by atoms with van der Waals surface area (Å²) in [6.07, 6.45) is 2.61. The molecule has 4 aromatic rings. The zero-order valence-corrected chi connectivity index (χ0v) is 23.2. The molecule has 2 aromatic heterocycles. The lowest BCUT2D eigenvalue weighted by Crippen LogP contribution is -2.36. The van der Waals surface area contributed by atoms with Crippen molar-refractivity contribution in [1.82, 2.24) is 30.1 Å². The Morgan fingerprint density at radius 2 is 1.85 bits per heavy atom. The predicted octanol–water partition coefficient (Wildman–Crippen LogP) is 4.94. The van der Waals surface area contributed by atoms with Crippen LogP contribution in [0.1, 0.15) is 70.0 Å². The van der Waals surface area contributed by atoms with Gasteiger partial charge in [-0.1, -0.05) is 38.5 Å². The fraction of sp³-hybridized carbons (Fsp3) is 0.448. The average Bonchev–Trinajstić information content (AvgIpc) is 3.61. The third kappa shape index (κ3) is 5.34. The van der Waals surface area contributed by atoms with Gasteiger partial charge in [-0.3, -0.25) is 9.69 Å². The highest BCUT2D eigenvalue weighted by molar-refractivity contribution is 5.83. The maximum Gasteiger partial charge on any atom is 0.252 e. The van der Waals surface area contributed by atoms with Crippen LogP contribution in [0.3, 0.4) is 0 Å². The van der Waals surface area contributed by atoms with E-state index in [4.69, 9.17) is 14.2 Å². The second kappa shape index (κ2) is 11.1. The number of ether oxygens (including phenoxy) is 3. The molecule has 0 amide bonds. The number of H-pyrrole nitrogens is 1. The van der Waals surface area contributed by atoms with Gasteiger partial charge in [-0.05, 0) is 55.3 Å². The molecule has 1 aliphatic rings. The van der Waals surface area contributed by atoms with Crippen molar-refractivity contribution in [3.05, 3.63) is 69.8 Å². The van der Waals surface area contributed by atoms with E-state index >= 15 is 0 Å². The van der Waals surface area contributed by atoms with Crippen LogP contribution in [0.15, 0.2) is 47.3 Å². The summed E-state index contributed by atoms with van der Waals surface area (Å²) in [6, 6.07) is 13.5. The number of pyridine rings is 1. The number of hydrogen-bond acceptors (Lipinski definition) is 8. The van der Waals surface area contributed by atoms with Crippen LogP contribution in [0.2, 0.25) is 0 Å². The molecule has 39 heavy (non-hydrogen) atoms. The molecule has 0 saturated carbocycles. The lowest BCUT2D eigenvalue weighted by molar-refractivity contribution is 0.144. The number of aromatic nitrogens is 5. The molecule has 2 aromatic carbocycles. The standard InChI is InChI=1S/C29H36N6O4/c1-6-10-23(27-31-32-33-35(27)29(3,4)7-2)34(16-19-11-8-9-12-24(19)37-5)17-21-13-20-14-25-26(39-18-38-25)15-22(20)30-28(21)36/h8-9,11-15,23H,6-7,10,16-18H2,1-5H3,(H,30,36)/t23-/m1/s1. The van der Waals surface area contributed by atoms with Gasteiger partial charge in [0.15, 0.2) is 17.3 Å². The minimum Gasteiger partial charge on any atom is -0.496 e. The van der Waals surface area contributed by atoms with E-state index < -0.39 is 0 Å². The number of methoxy groups -OCH3 is 1. The Kier molecular flexibility index (Phi) is 7.56. The highest BCUT2D eigenvalue weighted by Crippen LogP contribution is 2.36. The third-order valence-corrected chi connectivity index (χ3v) is 7.59. The second-order valence-corrected chi connectivity index (χ2v) is 10.6. The van der Waals surface area contributed by atoms with Crippen LogP contribution in [0.4, 0.5) is 0 Å². The zero-order chi connectivity index (χ0) is 27.6. The molecule has 0 unspecified atom stereocenters. The molecule has 1 atom stereocenters. The van der Waals surface area contributed by atoms with Gasteiger partial charge < -0.3 is 19.2 Å². The van der Waals surface area contributed by atoms with Crippen molar-refractivity contribution >= 4 is 10.9 Å². The smallest absolute Gasteiger partial charge is 0.252 e. The van der Waals surface area contributed by atoms with Crippen LogP contribution in [-0.2, 0) is 18.6 Å². The Morgan fingerprint density at radius 3 is 2.59 bits per heavy atom. The Hall–Kier alpha value is -3.92. The predicted molar refractivity (Wildman–Crippen MR) is 148 cm³/mol. The summed E-state index contributed by atoms with van der Waals surface area (Å²) in [5.74, 6) is 2.90. The molecule has 0 aliphatic carbocycles. The summed E-state index contributed by atoms with van der Waals surface area (Å²) in [7, 11) is 1.68. The molecule has 1 N–H and O–H groups in total. The van der Waals surface area contributed by atoms with Crippen molar-refractivity contribution in [2.75, 3.05) is 13.9 Å². The van der Waals surface area contributed by atoms with Crippen LogP contribution < -0.4 is 19.8 Å². The first-order valence-corrected chi connectivity index (χ1v) is 13.4. The topological polar surface area (TPSA) is 107 Å². The zero-order valence-electron chi connectivity index (χ0n) is 23.2. The monoisotopic (exact) mass is 532 g/mol. The summed E-state index contributed by atoms with van der Waals surface area (Å²) in [6.45, 7) is 9.68. The van der Waals surface area contributed by atoms with Gasteiger partial charge in [0.1, 0.15) is 5.75 Å². The highest BCUT2D eigenvalue weighted by Gasteiger charge is 2.32. The van der Waals surface area contributed by atoms with Gasteiger partial charge in [0.25, 0.3) is 5.56 Å². The number of fused-ring (bicyclic) bond motifs is 2. The van der Waals surface area contributed by atoms with Crippen molar-refractivity contribution in [3.63, 3.8) is 0 Å². The number of rotatable bonds is 11. The fourth-order valence-electron chi connectivity index (χ4n) is 5.04. The third-order valence-electron chi connectivity index (χ3n) is 7.59. The number of para-hydroxylation sites is 1. The molecule has 5 rings (SSSR count). The summed E-state index contributed by atoms with van der Waals surface area (Å²) in [4.78, 5) is 18.7. The van der Waals surface area contributed by atoms with Gasteiger partial charge >= 0.3 is 0 Å². The van der Waals surface area contributed by atoms with Gasteiger partial charge in [-0.25, -0.2) is 4.68 Å². The Balaban J connectivity index is 1.59. The van der Waals surface area contributed by atoms with Crippen molar-refractivity contribution in [1.29, 1.82) is 0 Å². The van der Waals surface area contributed by atoms with Gasteiger partial charge in [0.2, 0.25) is 6.79 Å². The Morgan fingerprint density at radius 1 is 1.10 bits per heavy atom. The van der Waals surface area contributed by atoms with Crippen molar-refractivity contribution in [2.45, 2.75) is 71.6 Å². The molecule has 206 valence electrons. The van der Waals surface area contributed by atoms with Gasteiger partial charge in [0.05, 0.1) is 24.2 Å². The lowest BCUT2D eigenvalue weighted by atomic mass is 10.00. The normalized spacial score (nSPS) is 13.8. The molecule has 10 nitrogen and oxygen atoms in total. The van der Waals surface area contributed by atoms with Crippen molar-refractivity contribution in [3.8, 4) is 17.2 Å². The molecular weight excluding hydrogens is 496 g/mol. The molecule has 0 radical (unpaired) electrons. The Bertz CT molecular complexity index is 1510. The van der Waals surface area contributed by atoms with E-state index in [1.807, 2.05) is 41.1 Å². The number of nitrogens with zero attached hydrogens (tertiary/aromatic N) is 5. The molecule has 0 fully saturated rings. The summed E-state index contributed by atoms with van der Waals surface area (Å²) >= 11 is 0. The molecule has 1 aliphatic heterocycles. The van der Waals surface area contributed by atoms with Gasteiger partial charge in [-0.2, -0.15) is 0 Å². The molecule has 0 saturated heterocycles. The summed E-state index contributed by atoms with van der Waals surface area (Å²) in [5.41, 5.74) is 1.98. The number of benzene rings is 2. The van der Waals surface area contributed by atoms with E-state index in [1.165, 1.54) is 0 Å². The first kappa shape index (κ1) is 26.7. The van der Waals surface area contributed by atoms with E-state index in [2.05, 4.69) is 59.2 Å². The average molecular weight is 533 g/mol. The molecule has 3 heterocycles. The first-order chi connectivity index (χ1) is 18.8. The summed E-state index contributed by atoms with van der Waals surface area (Å²) in [5, 5.41) is 13.9. The number of nitrogens with one attached hydrogen (secondary N) is 1. The summed E-state index contributed by atoms with van der Waals surface area (Å²) < 4.78 is 18.7. The number of hydrogen-bond donors (Lipinski definition) is 1. The maximum absolute atomic E-state index is 13.4. The van der Waals surface area contributed by atoms with Crippen LogP contribution >= 0.6 is 0 Å². The van der Waals surface area contributed by atoms with E-state index in [9.17, 15) is 4.79 Å². The lowest BCUT2D eigenvalue weighted by Gasteiger charge is -2.33. The van der Waals surface area contributed by atoms with Crippen molar-refractivity contribution < 1.29 is 14.2 Å². The van der Waals surface area contributed by atoms with Crippen LogP contribution in [0, 0.1) is 0 Å². The largest absolute Gasteiger partial charge is 0.496 e. The first-order valence-electron chi connectivity index (χ1n) is 13.4. The quantitative estimate of drug-likeness (QED) is 0.289. The minimum atomic E-state index is -0.260. The number of aromatic amines is 1. The maximum atomic E-state index is 13.4. The molecular formula is C29H36N6O4. The van der Waals surface area contributed by atoms with Crippen LogP contribution in [0.5, 0.6) is 17.2 Å². The second-order valence-electron chi connectivity index (χ2n) is 10.6. The van der Waals surface area contributed by atoms with E-state index in [0.29, 0.717) is 35.7 Å². The Labute approximate surface area is 227 Å². The van der Waals surface area contributed by atoms with Crippen LogP contribution in [-0.4, -0.2) is 44.0 Å². The van der Waals surface area contributed by atoms with E-state index in [0.717, 1.165) is 41.8 Å². The fourth-order valence-corrected chi connectivity index (χ4v) is 5.04. The van der Waals surface area contributed by atoms with Crippen molar-refractivity contribution in [2.24, 2.45) is 0 Å². The van der Waals surface area contributed by atoms with Crippen LogP contribution in [0.25, 0.3) is 10.9 Å². The van der Waals surface area contributed by atoms with E-state index in [1.54, 1.807) is 7.11 Å². The van der Waals surface area contributed by atoms with Gasteiger partial charge in [0, 0.05) is 35.7 Å².